The zero-order valence-corrected chi connectivity index (χ0v) is 12.9. The maximum absolute atomic E-state index is 13.2. The zero-order valence-electron chi connectivity index (χ0n) is 12.9. The number of benzene rings is 2. The molecule has 1 heterocycles. The van der Waals surface area contributed by atoms with E-state index in [2.05, 4.69) is 12.2 Å². The van der Waals surface area contributed by atoms with E-state index in [9.17, 15) is 9.59 Å². The van der Waals surface area contributed by atoms with E-state index in [1.807, 2.05) is 49.4 Å². The Balaban J connectivity index is 1.71. The summed E-state index contributed by atoms with van der Waals surface area (Å²) in [4.78, 5) is 27.8. The molecular formula is C20H17NO2. The van der Waals surface area contributed by atoms with Crippen molar-refractivity contribution in [3.05, 3.63) is 54.6 Å². The maximum atomic E-state index is 13.2. The van der Waals surface area contributed by atoms with E-state index in [0.29, 0.717) is 0 Å². The van der Waals surface area contributed by atoms with Gasteiger partial charge in [-0.25, -0.2) is 4.90 Å². The van der Waals surface area contributed by atoms with Gasteiger partial charge < -0.3 is 0 Å². The molecular weight excluding hydrogens is 286 g/mol. The summed E-state index contributed by atoms with van der Waals surface area (Å²) in [5.74, 6) is 0.186. The van der Waals surface area contributed by atoms with E-state index in [0.717, 1.165) is 22.9 Å². The predicted octanol–water partition coefficient (Wildman–Crippen LogP) is 3.54. The highest BCUT2D eigenvalue weighted by Gasteiger charge is 2.67. The standard InChI is InChI=1S/C20H17NO2/c1-20-14-10-9-13(11-14)17(20)18(22)21(19(20)23)16-8-4-6-12-5-2-3-7-15(12)16/h2-10,13-14,17H,11H2,1H3/t13-,14-,17+,20-/m0/s1. The number of amides is 2. The molecule has 3 heteroatoms. The fraction of sp³-hybridized carbons (Fsp3) is 0.300. The second kappa shape index (κ2) is 4.10. The minimum atomic E-state index is -0.562. The van der Waals surface area contributed by atoms with Crippen molar-refractivity contribution in [1.29, 1.82) is 0 Å². The third-order valence-corrected chi connectivity index (χ3v) is 6.12. The Bertz CT molecular complexity index is 894. The van der Waals surface area contributed by atoms with Gasteiger partial charge in [-0.3, -0.25) is 9.59 Å². The lowest BCUT2D eigenvalue weighted by Gasteiger charge is -2.28. The van der Waals surface area contributed by atoms with Gasteiger partial charge in [-0.05, 0) is 36.6 Å². The topological polar surface area (TPSA) is 37.4 Å². The highest BCUT2D eigenvalue weighted by atomic mass is 16.2. The molecule has 0 spiro atoms. The maximum Gasteiger partial charge on any atom is 0.241 e. The van der Waals surface area contributed by atoms with E-state index in [4.69, 9.17) is 0 Å². The molecule has 0 unspecified atom stereocenters. The molecule has 2 aromatic rings. The second-order valence-electron chi connectivity index (χ2n) is 7.13. The average Bonchev–Trinajstić information content (AvgIpc) is 3.20. The van der Waals surface area contributed by atoms with Gasteiger partial charge in [0.25, 0.3) is 0 Å². The smallest absolute Gasteiger partial charge is 0.241 e. The molecule has 3 aliphatic rings. The molecule has 1 aliphatic heterocycles. The summed E-state index contributed by atoms with van der Waals surface area (Å²) in [6.07, 6.45) is 5.22. The van der Waals surface area contributed by atoms with Crippen molar-refractivity contribution < 1.29 is 9.59 Å². The first-order chi connectivity index (χ1) is 11.1. The third-order valence-electron chi connectivity index (χ3n) is 6.12. The van der Waals surface area contributed by atoms with Crippen LogP contribution >= 0.6 is 0 Å². The monoisotopic (exact) mass is 303 g/mol. The lowest BCUT2D eigenvalue weighted by Crippen LogP contribution is -2.37. The van der Waals surface area contributed by atoms with Crippen molar-refractivity contribution in [3.8, 4) is 0 Å². The molecule has 5 rings (SSSR count). The summed E-state index contributed by atoms with van der Waals surface area (Å²) in [6.45, 7) is 1.98. The second-order valence-corrected chi connectivity index (χ2v) is 7.13. The minimum absolute atomic E-state index is 0.0225. The first-order valence-electron chi connectivity index (χ1n) is 8.17. The molecule has 0 radical (unpaired) electrons. The van der Waals surface area contributed by atoms with Crippen molar-refractivity contribution in [2.75, 3.05) is 4.90 Å². The van der Waals surface area contributed by atoms with Gasteiger partial charge >= 0.3 is 0 Å². The fourth-order valence-corrected chi connectivity index (χ4v) is 4.94. The normalized spacial score (nSPS) is 34.7. The Kier molecular flexibility index (Phi) is 2.33. The molecule has 2 aromatic carbocycles. The van der Waals surface area contributed by atoms with Crippen LogP contribution in [0.4, 0.5) is 5.69 Å². The summed E-state index contributed by atoms with van der Waals surface area (Å²) in [7, 11) is 0. The number of anilines is 1. The van der Waals surface area contributed by atoms with Gasteiger partial charge in [0.15, 0.2) is 0 Å². The number of rotatable bonds is 1. The molecule has 114 valence electrons. The molecule has 0 N–H and O–H groups in total. The Morgan fingerprint density at radius 3 is 2.65 bits per heavy atom. The van der Waals surface area contributed by atoms with Gasteiger partial charge in [-0.1, -0.05) is 48.6 Å². The van der Waals surface area contributed by atoms with E-state index in [1.165, 1.54) is 4.90 Å². The number of allylic oxidation sites excluding steroid dienone is 2. The summed E-state index contributed by atoms with van der Waals surface area (Å²) >= 11 is 0. The Labute approximate surface area is 134 Å². The Morgan fingerprint density at radius 1 is 1.04 bits per heavy atom. The summed E-state index contributed by atoms with van der Waals surface area (Å²) < 4.78 is 0. The number of fused-ring (bicyclic) bond motifs is 6. The largest absolute Gasteiger partial charge is 0.274 e. The van der Waals surface area contributed by atoms with Gasteiger partial charge in [0.05, 0.1) is 17.0 Å². The number of imide groups is 1. The van der Waals surface area contributed by atoms with Crippen molar-refractivity contribution in [2.24, 2.45) is 23.2 Å². The van der Waals surface area contributed by atoms with Gasteiger partial charge in [-0.15, -0.1) is 0 Å². The third kappa shape index (κ3) is 1.41. The van der Waals surface area contributed by atoms with Gasteiger partial charge in [0, 0.05) is 5.39 Å². The molecule has 2 fully saturated rings. The first kappa shape index (κ1) is 13.1. The molecule has 2 aliphatic carbocycles. The molecule has 1 saturated heterocycles. The average molecular weight is 303 g/mol. The number of nitrogens with zero attached hydrogens (tertiary/aromatic N) is 1. The fourth-order valence-electron chi connectivity index (χ4n) is 4.94. The van der Waals surface area contributed by atoms with Crippen molar-refractivity contribution in [1.82, 2.24) is 0 Å². The van der Waals surface area contributed by atoms with Crippen LogP contribution in [0.15, 0.2) is 54.6 Å². The predicted molar refractivity (Wildman–Crippen MR) is 88.8 cm³/mol. The quantitative estimate of drug-likeness (QED) is 0.597. The summed E-state index contributed by atoms with van der Waals surface area (Å²) in [6, 6.07) is 13.7. The van der Waals surface area contributed by atoms with Gasteiger partial charge in [0.1, 0.15) is 0 Å². The highest BCUT2D eigenvalue weighted by Crippen LogP contribution is 2.61. The number of carbonyl (C=O) groups is 2. The highest BCUT2D eigenvalue weighted by molar-refractivity contribution is 6.26. The molecule has 0 aromatic heterocycles. The van der Waals surface area contributed by atoms with Crippen LogP contribution in [0, 0.1) is 23.2 Å². The SMILES string of the molecule is C[C@@]12C(=O)N(c3cccc4ccccc34)C(=O)[C@H]1[C@H]1C=C[C@H]2C1. The van der Waals surface area contributed by atoms with Crippen LogP contribution in [0.25, 0.3) is 10.8 Å². The van der Waals surface area contributed by atoms with Crippen LogP contribution in [0.1, 0.15) is 13.3 Å². The van der Waals surface area contributed by atoms with Crippen molar-refractivity contribution in [3.63, 3.8) is 0 Å². The minimum Gasteiger partial charge on any atom is -0.274 e. The summed E-state index contributed by atoms with van der Waals surface area (Å²) in [5, 5.41) is 2.01. The Morgan fingerprint density at radius 2 is 1.83 bits per heavy atom. The van der Waals surface area contributed by atoms with E-state index >= 15 is 0 Å². The number of hydrogen-bond acceptors (Lipinski definition) is 2. The first-order valence-corrected chi connectivity index (χ1v) is 8.17. The van der Waals surface area contributed by atoms with Gasteiger partial charge in [-0.2, -0.15) is 0 Å². The van der Waals surface area contributed by atoms with Crippen molar-refractivity contribution >= 4 is 28.3 Å². The molecule has 2 amide bonds. The van der Waals surface area contributed by atoms with Crippen molar-refractivity contribution in [2.45, 2.75) is 13.3 Å². The molecule has 2 bridgehead atoms. The lowest BCUT2D eigenvalue weighted by molar-refractivity contribution is -0.127. The number of hydrogen-bond donors (Lipinski definition) is 0. The van der Waals surface area contributed by atoms with Crippen LogP contribution in [0.2, 0.25) is 0 Å². The van der Waals surface area contributed by atoms with E-state index in [1.54, 1.807) is 0 Å². The van der Waals surface area contributed by atoms with Gasteiger partial charge in [0.2, 0.25) is 11.8 Å². The van der Waals surface area contributed by atoms with Crippen LogP contribution < -0.4 is 4.90 Å². The zero-order chi connectivity index (χ0) is 15.8. The van der Waals surface area contributed by atoms with E-state index < -0.39 is 5.41 Å². The van der Waals surface area contributed by atoms with E-state index in [-0.39, 0.29) is 29.6 Å². The van der Waals surface area contributed by atoms with Crippen LogP contribution in [0.5, 0.6) is 0 Å². The number of carbonyl (C=O) groups excluding carboxylic acids is 2. The Hall–Kier alpha value is -2.42. The lowest BCUT2D eigenvalue weighted by atomic mass is 9.71. The van der Waals surface area contributed by atoms with Crippen LogP contribution in [-0.2, 0) is 9.59 Å². The van der Waals surface area contributed by atoms with Crippen LogP contribution in [-0.4, -0.2) is 11.8 Å². The molecule has 3 nitrogen and oxygen atoms in total. The molecule has 4 atom stereocenters. The summed E-state index contributed by atoms with van der Waals surface area (Å²) in [5.41, 5.74) is 0.168. The van der Waals surface area contributed by atoms with Crippen LogP contribution in [0.3, 0.4) is 0 Å². The molecule has 23 heavy (non-hydrogen) atoms. The molecule has 1 saturated carbocycles.